The van der Waals surface area contributed by atoms with E-state index in [9.17, 15) is 13.2 Å². The quantitative estimate of drug-likeness (QED) is 0.662. The van der Waals surface area contributed by atoms with Gasteiger partial charge in [-0.3, -0.25) is 4.79 Å². The van der Waals surface area contributed by atoms with Crippen LogP contribution in [-0.4, -0.2) is 38.5 Å². The van der Waals surface area contributed by atoms with E-state index in [1.807, 2.05) is 30.3 Å². The average molecular weight is 377 g/mol. The van der Waals surface area contributed by atoms with Crippen molar-refractivity contribution in [2.45, 2.75) is 31.3 Å². The Bertz CT molecular complexity index is 819. The van der Waals surface area contributed by atoms with Gasteiger partial charge in [0.2, 0.25) is 10.0 Å². The van der Waals surface area contributed by atoms with E-state index < -0.39 is 22.0 Å². The maximum absolute atomic E-state index is 13.2. The van der Waals surface area contributed by atoms with E-state index >= 15 is 0 Å². The molecule has 0 N–H and O–H groups in total. The number of sulfonamides is 1. The molecule has 0 heterocycles. The van der Waals surface area contributed by atoms with Crippen LogP contribution in [0.1, 0.15) is 19.4 Å². The van der Waals surface area contributed by atoms with Crippen molar-refractivity contribution < 1.29 is 22.7 Å². The number of rotatable bonds is 8. The first-order chi connectivity index (χ1) is 12.4. The Morgan fingerprint density at radius 1 is 1.08 bits per heavy atom. The van der Waals surface area contributed by atoms with E-state index in [1.54, 1.807) is 19.1 Å². The largest absolute Gasteiger partial charge is 0.497 e. The summed E-state index contributed by atoms with van der Waals surface area (Å²) in [6.07, 6.45) is 0. The Morgan fingerprint density at radius 3 is 2.23 bits per heavy atom. The molecule has 2 aromatic rings. The molecule has 1 unspecified atom stereocenters. The van der Waals surface area contributed by atoms with Crippen molar-refractivity contribution in [2.75, 3.05) is 13.7 Å². The van der Waals surface area contributed by atoms with Crippen LogP contribution >= 0.6 is 0 Å². The highest BCUT2D eigenvalue weighted by molar-refractivity contribution is 7.89. The predicted octanol–water partition coefficient (Wildman–Crippen LogP) is 2.84. The number of ether oxygens (including phenoxy) is 2. The van der Waals surface area contributed by atoms with Gasteiger partial charge in [0.1, 0.15) is 11.8 Å². The van der Waals surface area contributed by atoms with Crippen LogP contribution in [0.4, 0.5) is 0 Å². The number of esters is 1. The summed E-state index contributed by atoms with van der Waals surface area (Å²) in [5.74, 6) is -0.0301. The molecule has 0 saturated carbocycles. The first-order valence-corrected chi connectivity index (χ1v) is 9.70. The van der Waals surface area contributed by atoms with Crippen molar-refractivity contribution >= 4 is 16.0 Å². The molecule has 2 rings (SSSR count). The van der Waals surface area contributed by atoms with Gasteiger partial charge in [-0.1, -0.05) is 30.3 Å². The molecule has 0 aromatic heterocycles. The highest BCUT2D eigenvalue weighted by atomic mass is 32.2. The molecule has 0 saturated heterocycles. The SMILES string of the molecule is CCOC(=O)C(C)N(Cc1ccccc1)S(=O)(=O)c1ccc(OC)cc1. The number of carbonyl (C=O) groups is 1. The zero-order chi connectivity index (χ0) is 19.2. The summed E-state index contributed by atoms with van der Waals surface area (Å²) in [6, 6.07) is 14.2. The minimum Gasteiger partial charge on any atom is -0.497 e. The van der Waals surface area contributed by atoms with E-state index in [0.29, 0.717) is 5.75 Å². The van der Waals surface area contributed by atoms with Gasteiger partial charge in [-0.15, -0.1) is 0 Å². The van der Waals surface area contributed by atoms with Gasteiger partial charge in [-0.05, 0) is 43.7 Å². The second-order valence-electron chi connectivity index (χ2n) is 5.64. The minimum atomic E-state index is -3.91. The third kappa shape index (κ3) is 4.62. The Kier molecular flexibility index (Phi) is 6.76. The smallest absolute Gasteiger partial charge is 0.324 e. The van der Waals surface area contributed by atoms with Gasteiger partial charge in [0.25, 0.3) is 0 Å². The maximum atomic E-state index is 13.2. The second-order valence-corrected chi connectivity index (χ2v) is 7.53. The molecule has 6 nitrogen and oxygen atoms in total. The fraction of sp³-hybridized carbons (Fsp3) is 0.316. The van der Waals surface area contributed by atoms with Gasteiger partial charge in [0.15, 0.2) is 0 Å². The lowest BCUT2D eigenvalue weighted by molar-refractivity contribution is -0.147. The summed E-state index contributed by atoms with van der Waals surface area (Å²) in [7, 11) is -2.40. The standard InChI is InChI=1S/C19H23NO5S/c1-4-25-19(21)15(2)20(14-16-8-6-5-7-9-16)26(22,23)18-12-10-17(24-3)11-13-18/h5-13,15H,4,14H2,1-3H3. The molecule has 0 bridgehead atoms. The zero-order valence-electron chi connectivity index (χ0n) is 15.1. The van der Waals surface area contributed by atoms with Crippen LogP contribution in [-0.2, 0) is 26.1 Å². The molecule has 26 heavy (non-hydrogen) atoms. The fourth-order valence-corrected chi connectivity index (χ4v) is 4.03. The van der Waals surface area contributed by atoms with Crippen molar-refractivity contribution in [3.63, 3.8) is 0 Å². The van der Waals surface area contributed by atoms with Crippen LogP contribution < -0.4 is 4.74 Å². The van der Waals surface area contributed by atoms with Crippen LogP contribution in [0.15, 0.2) is 59.5 Å². The number of benzene rings is 2. The van der Waals surface area contributed by atoms with Crippen molar-refractivity contribution in [3.8, 4) is 5.75 Å². The Hall–Kier alpha value is -2.38. The van der Waals surface area contributed by atoms with Crippen LogP contribution in [0.2, 0.25) is 0 Å². The molecule has 0 aliphatic carbocycles. The molecule has 2 aromatic carbocycles. The molecule has 140 valence electrons. The van der Waals surface area contributed by atoms with Crippen molar-refractivity contribution in [3.05, 3.63) is 60.2 Å². The summed E-state index contributed by atoms with van der Waals surface area (Å²) >= 11 is 0. The minimum absolute atomic E-state index is 0.0647. The van der Waals surface area contributed by atoms with Crippen molar-refractivity contribution in [1.29, 1.82) is 0 Å². The predicted molar refractivity (Wildman–Crippen MR) is 98.3 cm³/mol. The number of hydrogen-bond donors (Lipinski definition) is 0. The van der Waals surface area contributed by atoms with Crippen LogP contribution in [0, 0.1) is 0 Å². The highest BCUT2D eigenvalue weighted by Gasteiger charge is 2.34. The van der Waals surface area contributed by atoms with Gasteiger partial charge in [0.05, 0.1) is 18.6 Å². The van der Waals surface area contributed by atoms with Crippen LogP contribution in [0.25, 0.3) is 0 Å². The van der Waals surface area contributed by atoms with Gasteiger partial charge in [-0.25, -0.2) is 8.42 Å². The fourth-order valence-electron chi connectivity index (χ4n) is 2.46. The Balaban J connectivity index is 2.41. The summed E-state index contributed by atoms with van der Waals surface area (Å²) in [4.78, 5) is 12.3. The Morgan fingerprint density at radius 2 is 1.69 bits per heavy atom. The van der Waals surface area contributed by atoms with E-state index in [-0.39, 0.29) is 18.0 Å². The van der Waals surface area contributed by atoms with Gasteiger partial charge < -0.3 is 9.47 Å². The van der Waals surface area contributed by atoms with Gasteiger partial charge in [0, 0.05) is 6.54 Å². The summed E-state index contributed by atoms with van der Waals surface area (Å²) in [6.45, 7) is 3.46. The lowest BCUT2D eigenvalue weighted by Gasteiger charge is -2.27. The van der Waals surface area contributed by atoms with E-state index in [2.05, 4.69) is 0 Å². The molecule has 0 radical (unpaired) electrons. The van der Waals surface area contributed by atoms with Gasteiger partial charge >= 0.3 is 5.97 Å². The lowest BCUT2D eigenvalue weighted by Crippen LogP contribution is -2.43. The van der Waals surface area contributed by atoms with Crippen LogP contribution in [0.5, 0.6) is 5.75 Å². The lowest BCUT2D eigenvalue weighted by atomic mass is 10.2. The molecule has 0 spiro atoms. The molecular weight excluding hydrogens is 354 g/mol. The van der Waals surface area contributed by atoms with Gasteiger partial charge in [-0.2, -0.15) is 4.31 Å². The third-order valence-electron chi connectivity index (χ3n) is 3.91. The summed E-state index contributed by atoms with van der Waals surface area (Å²) < 4.78 is 37.6. The number of hydrogen-bond acceptors (Lipinski definition) is 5. The average Bonchev–Trinajstić information content (AvgIpc) is 2.66. The number of nitrogens with zero attached hydrogens (tertiary/aromatic N) is 1. The monoisotopic (exact) mass is 377 g/mol. The summed E-state index contributed by atoms with van der Waals surface area (Å²) in [5, 5.41) is 0. The Labute approximate surface area is 154 Å². The first kappa shape index (κ1) is 19.9. The molecule has 1 atom stereocenters. The molecular formula is C19H23NO5S. The number of methoxy groups -OCH3 is 1. The zero-order valence-corrected chi connectivity index (χ0v) is 15.9. The normalized spacial score (nSPS) is 12.6. The second kappa shape index (κ2) is 8.82. The molecule has 0 fully saturated rings. The highest BCUT2D eigenvalue weighted by Crippen LogP contribution is 2.23. The van der Waals surface area contributed by atoms with Crippen molar-refractivity contribution in [2.24, 2.45) is 0 Å². The first-order valence-electron chi connectivity index (χ1n) is 8.26. The van der Waals surface area contributed by atoms with E-state index in [1.165, 1.54) is 26.2 Å². The van der Waals surface area contributed by atoms with E-state index in [0.717, 1.165) is 9.87 Å². The molecule has 7 heteroatoms. The molecule has 0 amide bonds. The molecule has 0 aliphatic heterocycles. The van der Waals surface area contributed by atoms with E-state index in [4.69, 9.17) is 9.47 Å². The third-order valence-corrected chi connectivity index (χ3v) is 5.84. The number of carbonyl (C=O) groups excluding carboxylic acids is 1. The maximum Gasteiger partial charge on any atom is 0.324 e. The topological polar surface area (TPSA) is 72.9 Å². The van der Waals surface area contributed by atoms with Crippen LogP contribution in [0.3, 0.4) is 0 Å². The van der Waals surface area contributed by atoms with Crippen molar-refractivity contribution in [1.82, 2.24) is 4.31 Å². The summed E-state index contributed by atoms with van der Waals surface area (Å²) in [5.41, 5.74) is 0.778. The molecule has 0 aliphatic rings.